The first-order valence-electron chi connectivity index (χ1n) is 7.97. The molecule has 0 aliphatic carbocycles. The molecule has 1 aromatic carbocycles. The number of nitrogens with two attached hydrogens (primary N) is 1. The third-order valence-electron chi connectivity index (χ3n) is 4.35. The highest BCUT2D eigenvalue weighted by atomic mass is 16.5. The molecule has 0 spiro atoms. The van der Waals surface area contributed by atoms with E-state index in [9.17, 15) is 9.59 Å². The van der Waals surface area contributed by atoms with Crippen molar-refractivity contribution in [2.45, 2.75) is 31.9 Å². The summed E-state index contributed by atoms with van der Waals surface area (Å²) in [5.74, 6) is 0.0432. The predicted octanol–water partition coefficient (Wildman–Crippen LogP) is 1.59. The summed E-state index contributed by atoms with van der Waals surface area (Å²) in [4.78, 5) is 25.8. The Balaban J connectivity index is 2.22. The SMILES string of the molecule is CC/C(=C\C(=O)N1C[C@@H](OC)C[C@H]1C(N)=O)c1ccc(OC)cc1. The Hall–Kier alpha value is -2.34. The second-order valence-corrected chi connectivity index (χ2v) is 5.75. The van der Waals surface area contributed by atoms with Crippen molar-refractivity contribution in [3.63, 3.8) is 0 Å². The molecule has 1 aliphatic rings. The third kappa shape index (κ3) is 3.94. The summed E-state index contributed by atoms with van der Waals surface area (Å²) in [5, 5.41) is 0. The number of primary amides is 1. The first kappa shape index (κ1) is 18.0. The number of likely N-dealkylation sites (tertiary alicyclic amines) is 1. The predicted molar refractivity (Wildman–Crippen MR) is 91.4 cm³/mol. The normalized spacial score (nSPS) is 21.0. The van der Waals surface area contributed by atoms with Crippen LogP contribution in [0.4, 0.5) is 0 Å². The van der Waals surface area contributed by atoms with Gasteiger partial charge in [0, 0.05) is 26.2 Å². The maximum Gasteiger partial charge on any atom is 0.247 e. The number of rotatable bonds is 6. The lowest BCUT2D eigenvalue weighted by atomic mass is 10.0. The fraction of sp³-hybridized carbons (Fsp3) is 0.444. The van der Waals surface area contributed by atoms with Gasteiger partial charge in [0.25, 0.3) is 0 Å². The van der Waals surface area contributed by atoms with Crippen LogP contribution in [0.15, 0.2) is 30.3 Å². The molecule has 1 aromatic rings. The quantitative estimate of drug-likeness (QED) is 0.802. The van der Waals surface area contributed by atoms with Crippen LogP contribution in [-0.4, -0.2) is 49.6 Å². The molecule has 2 N–H and O–H groups in total. The highest BCUT2D eigenvalue weighted by Gasteiger charge is 2.38. The largest absolute Gasteiger partial charge is 0.497 e. The van der Waals surface area contributed by atoms with E-state index in [2.05, 4.69) is 0 Å². The van der Waals surface area contributed by atoms with Crippen molar-refractivity contribution in [1.29, 1.82) is 0 Å². The van der Waals surface area contributed by atoms with E-state index in [1.165, 1.54) is 4.90 Å². The fourth-order valence-electron chi connectivity index (χ4n) is 2.91. The van der Waals surface area contributed by atoms with Crippen molar-refractivity contribution in [2.24, 2.45) is 5.73 Å². The number of nitrogens with zero attached hydrogens (tertiary/aromatic N) is 1. The lowest BCUT2D eigenvalue weighted by molar-refractivity contribution is -0.133. The lowest BCUT2D eigenvalue weighted by Gasteiger charge is -2.21. The first-order chi connectivity index (χ1) is 11.5. The third-order valence-corrected chi connectivity index (χ3v) is 4.35. The van der Waals surface area contributed by atoms with Gasteiger partial charge in [-0.2, -0.15) is 0 Å². The molecule has 1 saturated heterocycles. The van der Waals surface area contributed by atoms with E-state index >= 15 is 0 Å². The van der Waals surface area contributed by atoms with Gasteiger partial charge < -0.3 is 20.1 Å². The van der Waals surface area contributed by atoms with Crippen LogP contribution in [0.3, 0.4) is 0 Å². The molecule has 6 heteroatoms. The van der Waals surface area contributed by atoms with E-state index < -0.39 is 11.9 Å². The number of hydrogen-bond acceptors (Lipinski definition) is 4. The zero-order chi connectivity index (χ0) is 17.7. The van der Waals surface area contributed by atoms with E-state index in [4.69, 9.17) is 15.2 Å². The summed E-state index contributed by atoms with van der Waals surface area (Å²) < 4.78 is 10.4. The molecule has 2 rings (SSSR count). The zero-order valence-corrected chi connectivity index (χ0v) is 14.3. The van der Waals surface area contributed by atoms with Crippen molar-refractivity contribution >= 4 is 17.4 Å². The average molecular weight is 332 g/mol. The van der Waals surface area contributed by atoms with Crippen LogP contribution in [0.5, 0.6) is 5.75 Å². The van der Waals surface area contributed by atoms with E-state index in [1.54, 1.807) is 20.3 Å². The number of amides is 2. The van der Waals surface area contributed by atoms with E-state index in [-0.39, 0.29) is 12.0 Å². The minimum absolute atomic E-state index is 0.161. The number of allylic oxidation sites excluding steroid dienone is 1. The van der Waals surface area contributed by atoms with Crippen LogP contribution in [-0.2, 0) is 14.3 Å². The molecule has 0 aromatic heterocycles. The summed E-state index contributed by atoms with van der Waals surface area (Å²) in [6.45, 7) is 2.36. The smallest absolute Gasteiger partial charge is 0.247 e. The van der Waals surface area contributed by atoms with E-state index in [0.717, 1.165) is 16.9 Å². The molecule has 6 nitrogen and oxygen atoms in total. The maximum atomic E-state index is 12.6. The molecule has 1 heterocycles. The summed E-state index contributed by atoms with van der Waals surface area (Å²) in [5.41, 5.74) is 7.27. The Labute approximate surface area is 142 Å². The molecule has 0 unspecified atom stereocenters. The van der Waals surface area contributed by atoms with Gasteiger partial charge >= 0.3 is 0 Å². The topological polar surface area (TPSA) is 81.9 Å². The van der Waals surface area contributed by atoms with Gasteiger partial charge in [-0.1, -0.05) is 19.1 Å². The number of hydrogen-bond donors (Lipinski definition) is 1. The summed E-state index contributed by atoms with van der Waals surface area (Å²) in [7, 11) is 3.18. The van der Waals surface area contributed by atoms with Crippen LogP contribution in [0.2, 0.25) is 0 Å². The molecule has 1 fully saturated rings. The van der Waals surface area contributed by atoms with Gasteiger partial charge in [0.2, 0.25) is 11.8 Å². The molecule has 0 radical (unpaired) electrons. The van der Waals surface area contributed by atoms with Gasteiger partial charge in [0.1, 0.15) is 11.8 Å². The number of carbonyl (C=O) groups is 2. The molecular weight excluding hydrogens is 308 g/mol. The molecule has 130 valence electrons. The summed E-state index contributed by atoms with van der Waals surface area (Å²) >= 11 is 0. The maximum absolute atomic E-state index is 12.6. The summed E-state index contributed by atoms with van der Waals surface area (Å²) in [6, 6.07) is 6.91. The minimum atomic E-state index is -0.618. The Kier molecular flexibility index (Phi) is 5.98. The van der Waals surface area contributed by atoms with E-state index in [0.29, 0.717) is 19.4 Å². The average Bonchev–Trinajstić information content (AvgIpc) is 3.04. The van der Waals surface area contributed by atoms with E-state index in [1.807, 2.05) is 31.2 Å². The van der Waals surface area contributed by atoms with Gasteiger partial charge in [-0.05, 0) is 29.7 Å². The summed E-state index contributed by atoms with van der Waals surface area (Å²) in [6.07, 6.45) is 2.55. The van der Waals surface area contributed by atoms with Crippen molar-refractivity contribution in [3.05, 3.63) is 35.9 Å². The highest BCUT2D eigenvalue weighted by Crippen LogP contribution is 2.24. The van der Waals surface area contributed by atoms with Gasteiger partial charge in [0.15, 0.2) is 0 Å². The number of carbonyl (C=O) groups excluding carboxylic acids is 2. The Bertz CT molecular complexity index is 624. The number of methoxy groups -OCH3 is 2. The zero-order valence-electron chi connectivity index (χ0n) is 14.3. The van der Waals surface area contributed by atoms with Crippen LogP contribution in [0, 0.1) is 0 Å². The molecule has 2 atom stereocenters. The molecule has 1 aliphatic heterocycles. The Morgan fingerprint density at radius 2 is 1.96 bits per heavy atom. The molecular formula is C18H24N2O4. The van der Waals surface area contributed by atoms with Gasteiger partial charge in [0.05, 0.1) is 13.2 Å². The van der Waals surface area contributed by atoms with Crippen molar-refractivity contribution in [1.82, 2.24) is 4.90 Å². The standard InChI is InChI=1S/C18H24N2O4/c1-4-12(13-5-7-14(23-2)8-6-13)9-17(21)20-11-15(24-3)10-16(20)18(19)22/h5-9,15-16H,4,10-11H2,1-3H3,(H2,19,22)/b12-9+/t15-,16-/m0/s1. The molecule has 0 saturated carbocycles. The monoisotopic (exact) mass is 332 g/mol. The Morgan fingerprint density at radius 3 is 2.46 bits per heavy atom. The van der Waals surface area contributed by atoms with Crippen molar-refractivity contribution < 1.29 is 19.1 Å². The van der Waals surface area contributed by atoms with Crippen LogP contribution < -0.4 is 10.5 Å². The lowest BCUT2D eigenvalue weighted by Crippen LogP contribution is -2.43. The second kappa shape index (κ2) is 7.97. The minimum Gasteiger partial charge on any atom is -0.497 e. The van der Waals surface area contributed by atoms with Crippen molar-refractivity contribution in [2.75, 3.05) is 20.8 Å². The first-order valence-corrected chi connectivity index (χ1v) is 7.97. The van der Waals surface area contributed by atoms with Crippen LogP contribution in [0.25, 0.3) is 5.57 Å². The van der Waals surface area contributed by atoms with Crippen molar-refractivity contribution in [3.8, 4) is 5.75 Å². The van der Waals surface area contributed by atoms with Crippen LogP contribution >= 0.6 is 0 Å². The molecule has 2 amide bonds. The van der Waals surface area contributed by atoms with Gasteiger partial charge in [-0.25, -0.2) is 0 Å². The molecule has 24 heavy (non-hydrogen) atoms. The van der Waals surface area contributed by atoms with Gasteiger partial charge in [-0.3, -0.25) is 9.59 Å². The van der Waals surface area contributed by atoms with Gasteiger partial charge in [-0.15, -0.1) is 0 Å². The fourth-order valence-corrected chi connectivity index (χ4v) is 2.91. The van der Waals surface area contributed by atoms with Crippen LogP contribution in [0.1, 0.15) is 25.3 Å². The number of benzene rings is 1. The molecule has 0 bridgehead atoms. The number of ether oxygens (including phenoxy) is 2. The second-order valence-electron chi connectivity index (χ2n) is 5.75. The Morgan fingerprint density at radius 1 is 1.29 bits per heavy atom. The highest BCUT2D eigenvalue weighted by molar-refractivity contribution is 5.98.